The van der Waals surface area contributed by atoms with Gasteiger partial charge in [-0.1, -0.05) is 35.0 Å². The molecule has 1 fully saturated rings. The number of nitrogens with zero attached hydrogens (tertiary/aromatic N) is 2. The zero-order chi connectivity index (χ0) is 15.1. The SMILES string of the molecule is CCN1CCCC1CNC(=NC)NCc1ccc(Br)cc1.I. The average molecular weight is 481 g/mol. The van der Waals surface area contributed by atoms with Gasteiger partial charge in [-0.2, -0.15) is 0 Å². The number of likely N-dealkylation sites (N-methyl/N-ethyl adjacent to an activating group) is 1. The Hall–Kier alpha value is -0.340. The largest absolute Gasteiger partial charge is 0.355 e. The number of halogens is 2. The number of aliphatic imine (C=N–C) groups is 1. The number of hydrogen-bond donors (Lipinski definition) is 2. The van der Waals surface area contributed by atoms with E-state index in [1.807, 2.05) is 7.05 Å². The summed E-state index contributed by atoms with van der Waals surface area (Å²) in [5.41, 5.74) is 1.25. The van der Waals surface area contributed by atoms with Crippen LogP contribution in [0.3, 0.4) is 0 Å². The van der Waals surface area contributed by atoms with E-state index in [1.54, 1.807) is 0 Å². The van der Waals surface area contributed by atoms with E-state index < -0.39 is 0 Å². The second kappa shape index (κ2) is 10.4. The maximum Gasteiger partial charge on any atom is 0.191 e. The second-order valence-corrected chi connectivity index (χ2v) is 6.27. The van der Waals surface area contributed by atoms with Gasteiger partial charge in [0.1, 0.15) is 0 Å². The zero-order valence-electron chi connectivity index (χ0n) is 13.3. The number of hydrogen-bond acceptors (Lipinski definition) is 2. The van der Waals surface area contributed by atoms with Gasteiger partial charge in [-0.25, -0.2) is 0 Å². The summed E-state index contributed by atoms with van der Waals surface area (Å²) >= 11 is 3.45. The molecule has 1 atom stereocenters. The van der Waals surface area contributed by atoms with Crippen LogP contribution in [0.1, 0.15) is 25.3 Å². The van der Waals surface area contributed by atoms with Crippen molar-refractivity contribution in [2.24, 2.45) is 4.99 Å². The lowest BCUT2D eigenvalue weighted by Crippen LogP contribution is -2.44. The molecule has 4 nitrogen and oxygen atoms in total. The molecule has 0 aliphatic carbocycles. The Morgan fingerprint density at radius 3 is 2.68 bits per heavy atom. The van der Waals surface area contributed by atoms with Crippen LogP contribution in [0.5, 0.6) is 0 Å². The monoisotopic (exact) mass is 480 g/mol. The van der Waals surface area contributed by atoms with Crippen LogP contribution >= 0.6 is 39.9 Å². The van der Waals surface area contributed by atoms with E-state index in [-0.39, 0.29) is 24.0 Å². The van der Waals surface area contributed by atoms with Gasteiger partial charge in [0.2, 0.25) is 0 Å². The molecule has 0 bridgehead atoms. The maximum absolute atomic E-state index is 4.30. The minimum absolute atomic E-state index is 0. The number of benzene rings is 1. The molecule has 1 unspecified atom stereocenters. The Kier molecular flexibility index (Phi) is 9.35. The predicted molar refractivity (Wildman–Crippen MR) is 108 cm³/mol. The topological polar surface area (TPSA) is 39.7 Å². The molecule has 0 saturated carbocycles. The molecule has 1 aromatic carbocycles. The van der Waals surface area contributed by atoms with Gasteiger partial charge < -0.3 is 10.6 Å². The minimum Gasteiger partial charge on any atom is -0.355 e. The molecule has 1 aliphatic rings. The third-order valence-corrected chi connectivity index (χ3v) is 4.54. The van der Waals surface area contributed by atoms with Crippen LogP contribution in [0.2, 0.25) is 0 Å². The smallest absolute Gasteiger partial charge is 0.191 e. The van der Waals surface area contributed by atoms with Crippen molar-refractivity contribution in [1.29, 1.82) is 0 Å². The van der Waals surface area contributed by atoms with E-state index in [9.17, 15) is 0 Å². The summed E-state index contributed by atoms with van der Waals surface area (Å²) in [7, 11) is 1.82. The minimum atomic E-state index is 0. The molecule has 124 valence electrons. The van der Waals surface area contributed by atoms with Crippen LogP contribution in [0.4, 0.5) is 0 Å². The lowest BCUT2D eigenvalue weighted by Gasteiger charge is -2.24. The second-order valence-electron chi connectivity index (χ2n) is 5.36. The van der Waals surface area contributed by atoms with Crippen molar-refractivity contribution in [1.82, 2.24) is 15.5 Å². The molecule has 0 aromatic heterocycles. The van der Waals surface area contributed by atoms with Crippen LogP contribution in [0.15, 0.2) is 33.7 Å². The summed E-state index contributed by atoms with van der Waals surface area (Å²) in [6.45, 7) is 6.35. The Morgan fingerprint density at radius 2 is 2.05 bits per heavy atom. The van der Waals surface area contributed by atoms with Crippen LogP contribution in [-0.4, -0.2) is 43.6 Å². The molecule has 1 heterocycles. The summed E-state index contributed by atoms with van der Waals surface area (Å²) in [5, 5.41) is 6.81. The highest BCUT2D eigenvalue weighted by Gasteiger charge is 2.22. The quantitative estimate of drug-likeness (QED) is 0.386. The molecule has 2 N–H and O–H groups in total. The Balaban J connectivity index is 0.00000242. The van der Waals surface area contributed by atoms with E-state index in [1.165, 1.54) is 24.9 Å². The molecule has 1 aliphatic heterocycles. The van der Waals surface area contributed by atoms with Crippen LogP contribution in [0, 0.1) is 0 Å². The van der Waals surface area contributed by atoms with Gasteiger partial charge in [-0.3, -0.25) is 9.89 Å². The first-order chi connectivity index (χ1) is 10.2. The Labute approximate surface area is 159 Å². The number of likely N-dealkylation sites (tertiary alicyclic amines) is 1. The Bertz CT molecular complexity index is 464. The van der Waals surface area contributed by atoms with E-state index in [2.05, 4.69) is 67.6 Å². The molecule has 2 rings (SSSR count). The average Bonchev–Trinajstić information content (AvgIpc) is 2.96. The highest BCUT2D eigenvalue weighted by atomic mass is 127. The van der Waals surface area contributed by atoms with Gasteiger partial charge >= 0.3 is 0 Å². The van der Waals surface area contributed by atoms with Crippen molar-refractivity contribution in [3.8, 4) is 0 Å². The summed E-state index contributed by atoms with van der Waals surface area (Å²) in [4.78, 5) is 6.84. The first-order valence-electron chi connectivity index (χ1n) is 7.66. The summed E-state index contributed by atoms with van der Waals surface area (Å²) < 4.78 is 1.11. The summed E-state index contributed by atoms with van der Waals surface area (Å²) in [6.07, 6.45) is 2.59. The van der Waals surface area contributed by atoms with Crippen molar-refractivity contribution in [3.05, 3.63) is 34.3 Å². The van der Waals surface area contributed by atoms with Gasteiger partial charge in [0.15, 0.2) is 5.96 Å². The van der Waals surface area contributed by atoms with E-state index >= 15 is 0 Å². The molecular formula is C16H26BrIN4. The molecule has 1 aromatic rings. The van der Waals surface area contributed by atoms with Crippen molar-refractivity contribution < 1.29 is 0 Å². The fourth-order valence-corrected chi connectivity index (χ4v) is 3.03. The zero-order valence-corrected chi connectivity index (χ0v) is 17.2. The number of guanidine groups is 1. The normalized spacial score (nSPS) is 18.9. The van der Waals surface area contributed by atoms with Crippen molar-refractivity contribution >= 4 is 45.9 Å². The molecule has 1 saturated heterocycles. The molecule has 6 heteroatoms. The van der Waals surface area contributed by atoms with Crippen LogP contribution in [-0.2, 0) is 6.54 Å². The predicted octanol–water partition coefficient (Wildman–Crippen LogP) is 3.22. The maximum atomic E-state index is 4.30. The third-order valence-electron chi connectivity index (χ3n) is 4.01. The molecular weight excluding hydrogens is 455 g/mol. The standard InChI is InChI=1S/C16H25BrN4.HI/c1-3-21-10-4-5-15(21)12-20-16(18-2)19-11-13-6-8-14(17)9-7-13;/h6-9,15H,3-5,10-12H2,1-2H3,(H2,18,19,20);1H. The molecule has 0 amide bonds. The van der Waals surface area contributed by atoms with Crippen molar-refractivity contribution in [2.75, 3.05) is 26.7 Å². The molecule has 0 radical (unpaired) electrons. The van der Waals surface area contributed by atoms with Gasteiger partial charge in [0.25, 0.3) is 0 Å². The lowest BCUT2D eigenvalue weighted by molar-refractivity contribution is 0.267. The fourth-order valence-electron chi connectivity index (χ4n) is 2.77. The molecule has 22 heavy (non-hydrogen) atoms. The first kappa shape index (κ1) is 19.7. The highest BCUT2D eigenvalue weighted by Crippen LogP contribution is 2.15. The van der Waals surface area contributed by atoms with E-state index in [0.29, 0.717) is 6.04 Å². The Morgan fingerprint density at radius 1 is 1.32 bits per heavy atom. The van der Waals surface area contributed by atoms with Crippen molar-refractivity contribution in [2.45, 2.75) is 32.4 Å². The van der Waals surface area contributed by atoms with Gasteiger partial charge in [-0.05, 0) is 43.6 Å². The summed E-state index contributed by atoms with van der Waals surface area (Å²) in [6, 6.07) is 8.98. The fraction of sp³-hybridized carbons (Fsp3) is 0.562. The van der Waals surface area contributed by atoms with Crippen LogP contribution < -0.4 is 10.6 Å². The van der Waals surface area contributed by atoms with E-state index in [0.717, 1.165) is 30.1 Å². The van der Waals surface area contributed by atoms with Gasteiger partial charge in [0, 0.05) is 30.7 Å². The van der Waals surface area contributed by atoms with Crippen molar-refractivity contribution in [3.63, 3.8) is 0 Å². The molecule has 0 spiro atoms. The number of nitrogens with one attached hydrogen (secondary N) is 2. The van der Waals surface area contributed by atoms with Crippen LogP contribution in [0.25, 0.3) is 0 Å². The third kappa shape index (κ3) is 6.04. The first-order valence-corrected chi connectivity index (χ1v) is 8.45. The lowest BCUT2D eigenvalue weighted by atomic mass is 10.2. The van der Waals surface area contributed by atoms with Gasteiger partial charge in [-0.15, -0.1) is 24.0 Å². The van der Waals surface area contributed by atoms with E-state index in [4.69, 9.17) is 0 Å². The number of rotatable bonds is 5. The highest BCUT2D eigenvalue weighted by molar-refractivity contribution is 14.0. The summed E-state index contributed by atoms with van der Waals surface area (Å²) in [5.74, 6) is 0.876. The van der Waals surface area contributed by atoms with Gasteiger partial charge in [0.05, 0.1) is 0 Å².